The van der Waals surface area contributed by atoms with Crippen LogP contribution in [0.25, 0.3) is 0 Å². The second-order valence-corrected chi connectivity index (χ2v) is 8.53. The van der Waals surface area contributed by atoms with Crippen LogP contribution in [-0.4, -0.2) is 27.6 Å². The molecule has 3 nitrogen and oxygen atoms in total. The second kappa shape index (κ2) is 4.85. The van der Waals surface area contributed by atoms with E-state index in [-0.39, 0.29) is 16.7 Å². The molecular formula is C16H31NO2. The third kappa shape index (κ3) is 4.28. The Hall–Kier alpha value is -0.410. The highest BCUT2D eigenvalue weighted by Gasteiger charge is 2.49. The van der Waals surface area contributed by atoms with Gasteiger partial charge in [0.15, 0.2) is 5.78 Å². The summed E-state index contributed by atoms with van der Waals surface area (Å²) in [6, 6.07) is 0. The molecule has 0 spiro atoms. The highest BCUT2D eigenvalue weighted by atomic mass is 16.3. The lowest BCUT2D eigenvalue weighted by atomic mass is 9.66. The van der Waals surface area contributed by atoms with Crippen LogP contribution in [0.1, 0.15) is 74.1 Å². The largest absolute Gasteiger partial charge is 0.390 e. The molecule has 0 amide bonds. The zero-order valence-corrected chi connectivity index (χ0v) is 13.7. The van der Waals surface area contributed by atoms with Crippen molar-refractivity contribution in [2.24, 2.45) is 5.41 Å². The van der Waals surface area contributed by atoms with Crippen molar-refractivity contribution in [3.05, 3.63) is 0 Å². The third-order valence-corrected chi connectivity index (χ3v) is 3.91. The fourth-order valence-electron chi connectivity index (χ4n) is 3.06. The van der Waals surface area contributed by atoms with Gasteiger partial charge in [0.05, 0.1) is 11.1 Å². The van der Waals surface area contributed by atoms with Gasteiger partial charge in [0, 0.05) is 11.0 Å². The summed E-state index contributed by atoms with van der Waals surface area (Å²) in [7, 11) is 0. The smallest absolute Gasteiger partial charge is 0.158 e. The Morgan fingerprint density at radius 3 is 1.74 bits per heavy atom. The molecule has 0 radical (unpaired) electrons. The fraction of sp³-hybridized carbons (Fsp3) is 0.938. The first-order valence-electron chi connectivity index (χ1n) is 7.34. The van der Waals surface area contributed by atoms with Gasteiger partial charge < -0.3 is 10.4 Å². The molecule has 0 aromatic rings. The molecule has 1 rings (SSSR count). The van der Waals surface area contributed by atoms with Crippen molar-refractivity contribution in [2.45, 2.75) is 90.8 Å². The molecule has 0 saturated heterocycles. The quantitative estimate of drug-likeness (QED) is 0.810. The minimum absolute atomic E-state index is 0.107. The van der Waals surface area contributed by atoms with Crippen LogP contribution >= 0.6 is 0 Å². The first-order chi connectivity index (χ1) is 8.28. The number of rotatable bonds is 2. The van der Waals surface area contributed by atoms with Crippen molar-refractivity contribution in [3.8, 4) is 0 Å². The van der Waals surface area contributed by atoms with Crippen LogP contribution in [0.5, 0.6) is 0 Å². The monoisotopic (exact) mass is 269 g/mol. The average molecular weight is 269 g/mol. The highest BCUT2D eigenvalue weighted by Crippen LogP contribution is 2.40. The van der Waals surface area contributed by atoms with Gasteiger partial charge in [0.1, 0.15) is 0 Å². The van der Waals surface area contributed by atoms with E-state index in [0.717, 1.165) is 0 Å². The molecule has 112 valence electrons. The summed E-state index contributed by atoms with van der Waals surface area (Å²) in [6.07, 6.45) is 2.79. The molecular weight excluding hydrogens is 238 g/mol. The minimum Gasteiger partial charge on any atom is -0.390 e. The van der Waals surface area contributed by atoms with Crippen LogP contribution in [0.3, 0.4) is 0 Å². The van der Waals surface area contributed by atoms with Crippen molar-refractivity contribution in [1.82, 2.24) is 5.32 Å². The van der Waals surface area contributed by atoms with Gasteiger partial charge in [-0.1, -0.05) is 20.8 Å². The minimum atomic E-state index is -0.624. The van der Waals surface area contributed by atoms with E-state index in [2.05, 4.69) is 26.1 Å². The highest BCUT2D eigenvalue weighted by molar-refractivity contribution is 5.93. The molecule has 0 aliphatic heterocycles. The maximum atomic E-state index is 12.9. The van der Waals surface area contributed by atoms with Crippen molar-refractivity contribution < 1.29 is 9.90 Å². The maximum Gasteiger partial charge on any atom is 0.158 e. The van der Waals surface area contributed by atoms with E-state index in [1.165, 1.54) is 0 Å². The van der Waals surface area contributed by atoms with E-state index in [1.54, 1.807) is 0 Å². The lowest BCUT2D eigenvalue weighted by molar-refractivity contribution is -0.138. The summed E-state index contributed by atoms with van der Waals surface area (Å²) in [5.74, 6) is 0.269. The molecule has 0 aromatic carbocycles. The molecule has 0 aromatic heterocycles. The molecule has 0 unspecified atom stereocenters. The molecule has 1 fully saturated rings. The van der Waals surface area contributed by atoms with Gasteiger partial charge in [0.2, 0.25) is 0 Å². The number of aliphatic hydroxyl groups is 1. The van der Waals surface area contributed by atoms with Gasteiger partial charge in [-0.3, -0.25) is 4.79 Å². The van der Waals surface area contributed by atoms with Crippen LogP contribution in [-0.2, 0) is 4.79 Å². The lowest BCUT2D eigenvalue weighted by Gasteiger charge is -2.48. The predicted molar refractivity (Wildman–Crippen MR) is 79.2 cm³/mol. The first kappa shape index (κ1) is 16.6. The van der Waals surface area contributed by atoms with Crippen molar-refractivity contribution >= 4 is 5.78 Å². The number of hydrogen-bond donors (Lipinski definition) is 2. The topological polar surface area (TPSA) is 49.3 Å². The predicted octanol–water partition coefficient (Wildman–Crippen LogP) is 3.05. The number of Topliss-reactive ketones (excluding diaryl/α,β-unsaturated/α-hetero) is 1. The summed E-state index contributed by atoms with van der Waals surface area (Å²) in [5, 5.41) is 13.7. The maximum absolute atomic E-state index is 12.9. The zero-order valence-electron chi connectivity index (χ0n) is 13.7. The van der Waals surface area contributed by atoms with E-state index in [4.69, 9.17) is 0 Å². The van der Waals surface area contributed by atoms with Crippen LogP contribution < -0.4 is 5.32 Å². The van der Waals surface area contributed by atoms with E-state index in [1.807, 2.05) is 27.7 Å². The Labute approximate surface area is 118 Å². The zero-order chi connectivity index (χ0) is 15.1. The standard InChI is InChI=1S/C16H31NO2/c1-13(2,3)12(18)16(17-14(4,5)6)10-8-15(7,19)9-11-16/h17,19H,8-11H2,1-7H3. The van der Waals surface area contributed by atoms with Crippen molar-refractivity contribution in [1.29, 1.82) is 0 Å². The summed E-state index contributed by atoms with van der Waals surface area (Å²) < 4.78 is 0. The molecule has 1 aliphatic carbocycles. The van der Waals surface area contributed by atoms with Crippen molar-refractivity contribution in [2.75, 3.05) is 0 Å². The molecule has 0 atom stereocenters. The molecule has 2 N–H and O–H groups in total. The molecule has 1 aliphatic rings. The summed E-state index contributed by atoms with van der Waals surface area (Å²) in [6.45, 7) is 14.1. The fourth-order valence-corrected chi connectivity index (χ4v) is 3.06. The van der Waals surface area contributed by atoms with E-state index in [9.17, 15) is 9.90 Å². The number of carbonyl (C=O) groups is 1. The molecule has 3 heteroatoms. The Kier molecular flexibility index (Phi) is 4.25. The van der Waals surface area contributed by atoms with Gasteiger partial charge in [-0.2, -0.15) is 0 Å². The average Bonchev–Trinajstić information content (AvgIpc) is 2.17. The summed E-state index contributed by atoms with van der Waals surface area (Å²) in [4.78, 5) is 12.9. The molecule has 0 bridgehead atoms. The Balaban J connectivity index is 3.03. The SMILES string of the molecule is CC1(O)CCC(NC(C)(C)C)(C(=O)C(C)(C)C)CC1. The van der Waals surface area contributed by atoms with E-state index < -0.39 is 11.1 Å². The number of nitrogens with one attached hydrogen (secondary N) is 1. The normalized spacial score (nSPS) is 33.3. The second-order valence-electron chi connectivity index (χ2n) is 8.53. The molecule has 19 heavy (non-hydrogen) atoms. The van der Waals surface area contributed by atoms with Gasteiger partial charge in [-0.25, -0.2) is 0 Å². The van der Waals surface area contributed by atoms with Crippen LogP contribution in [0.4, 0.5) is 0 Å². The summed E-state index contributed by atoms with van der Waals surface area (Å²) in [5.41, 5.74) is -1.58. The van der Waals surface area contributed by atoms with Crippen LogP contribution in [0.2, 0.25) is 0 Å². The van der Waals surface area contributed by atoms with Gasteiger partial charge >= 0.3 is 0 Å². The number of carbonyl (C=O) groups excluding carboxylic acids is 1. The van der Waals surface area contributed by atoms with Gasteiger partial charge in [0.25, 0.3) is 0 Å². The number of ketones is 1. The Morgan fingerprint density at radius 1 is 1.00 bits per heavy atom. The van der Waals surface area contributed by atoms with Crippen molar-refractivity contribution in [3.63, 3.8) is 0 Å². The number of hydrogen-bond acceptors (Lipinski definition) is 3. The molecule has 1 saturated carbocycles. The van der Waals surface area contributed by atoms with E-state index in [0.29, 0.717) is 25.7 Å². The van der Waals surface area contributed by atoms with Gasteiger partial charge in [-0.05, 0) is 53.4 Å². The van der Waals surface area contributed by atoms with Crippen LogP contribution in [0, 0.1) is 5.41 Å². The van der Waals surface area contributed by atoms with Crippen LogP contribution in [0.15, 0.2) is 0 Å². The molecule has 0 heterocycles. The lowest BCUT2D eigenvalue weighted by Crippen LogP contribution is -2.64. The van der Waals surface area contributed by atoms with E-state index >= 15 is 0 Å². The Bertz CT molecular complexity index is 335. The third-order valence-electron chi connectivity index (χ3n) is 3.91. The summed E-state index contributed by atoms with van der Waals surface area (Å²) >= 11 is 0. The Morgan fingerprint density at radius 2 is 1.42 bits per heavy atom. The first-order valence-corrected chi connectivity index (χ1v) is 7.34. The van der Waals surface area contributed by atoms with Gasteiger partial charge in [-0.15, -0.1) is 0 Å².